The van der Waals surface area contributed by atoms with Crippen LogP contribution in [0.3, 0.4) is 0 Å². The second-order valence-electron chi connectivity index (χ2n) is 6.27. The van der Waals surface area contributed by atoms with Crippen molar-refractivity contribution >= 4 is 22.6 Å². The molecule has 128 valence electrons. The summed E-state index contributed by atoms with van der Waals surface area (Å²) in [5, 5.41) is 0.919. The Morgan fingerprint density at radius 1 is 1.46 bits per heavy atom. The number of aromatic nitrogens is 2. The molecule has 3 rings (SSSR count). The summed E-state index contributed by atoms with van der Waals surface area (Å²) in [6.45, 7) is 5.10. The molecule has 2 N–H and O–H groups in total. The smallest absolute Gasteiger partial charge is 0.237 e. The fourth-order valence-electron chi connectivity index (χ4n) is 3.11. The van der Waals surface area contributed by atoms with Gasteiger partial charge in [0.25, 0.3) is 0 Å². The predicted octanol–water partition coefficient (Wildman–Crippen LogP) is 0.561. The molecule has 1 amide bonds. The number of carbonyl (C=O) groups excluding carboxylic acids is 1. The van der Waals surface area contributed by atoms with Crippen molar-refractivity contribution in [2.24, 2.45) is 5.73 Å². The molecular formula is C17H23N5O2. The Balaban J connectivity index is 1.94. The number of fused-ring (bicyclic) bond motifs is 1. The number of aryl methyl sites for hydroxylation is 1. The number of hydrogen-bond acceptors (Lipinski definition) is 6. The number of likely N-dealkylation sites (N-methyl/N-ethyl adjacent to an activating group) is 1. The summed E-state index contributed by atoms with van der Waals surface area (Å²) in [7, 11) is 2.07. The van der Waals surface area contributed by atoms with Gasteiger partial charge in [-0.25, -0.2) is 9.97 Å². The molecule has 7 nitrogen and oxygen atoms in total. The van der Waals surface area contributed by atoms with Gasteiger partial charge in [-0.3, -0.25) is 4.79 Å². The molecule has 1 aromatic heterocycles. The van der Waals surface area contributed by atoms with E-state index in [9.17, 15) is 4.79 Å². The molecule has 0 aliphatic carbocycles. The van der Waals surface area contributed by atoms with E-state index in [1.165, 1.54) is 6.33 Å². The van der Waals surface area contributed by atoms with Crippen LogP contribution in [0.4, 0.5) is 5.82 Å². The van der Waals surface area contributed by atoms with Gasteiger partial charge in [0.2, 0.25) is 5.91 Å². The topological polar surface area (TPSA) is 84.6 Å². The maximum atomic E-state index is 11.6. The summed E-state index contributed by atoms with van der Waals surface area (Å²) in [5.74, 6) is 0.331. The van der Waals surface area contributed by atoms with Crippen molar-refractivity contribution in [3.8, 4) is 0 Å². The van der Waals surface area contributed by atoms with Crippen LogP contribution in [0.2, 0.25) is 0 Å². The van der Waals surface area contributed by atoms with Crippen molar-refractivity contribution in [1.29, 1.82) is 0 Å². The van der Waals surface area contributed by atoms with Crippen LogP contribution < -0.4 is 10.6 Å². The van der Waals surface area contributed by atoms with E-state index >= 15 is 0 Å². The fraction of sp³-hybridized carbons (Fsp3) is 0.471. The van der Waals surface area contributed by atoms with Gasteiger partial charge in [-0.15, -0.1) is 0 Å². The van der Waals surface area contributed by atoms with Gasteiger partial charge in [0, 0.05) is 25.0 Å². The zero-order chi connectivity index (χ0) is 17.1. The maximum Gasteiger partial charge on any atom is 0.237 e. The molecule has 0 spiro atoms. The minimum atomic E-state index is -0.390. The standard InChI is InChI=1S/C17H23N5O2/c1-12-4-3-5-14-16(12)19-11-20-17(14)22(10-15(18)23)9-13-8-21(2)6-7-24-13/h3-5,11,13H,6-10H2,1-2H3,(H2,18,23)/t13-/m0/s1. The largest absolute Gasteiger partial charge is 0.374 e. The predicted molar refractivity (Wildman–Crippen MR) is 92.9 cm³/mol. The van der Waals surface area contributed by atoms with Gasteiger partial charge in [0.05, 0.1) is 24.8 Å². The van der Waals surface area contributed by atoms with Crippen molar-refractivity contribution in [2.75, 3.05) is 44.7 Å². The number of carbonyl (C=O) groups is 1. The molecule has 7 heteroatoms. The Morgan fingerprint density at radius 3 is 3.04 bits per heavy atom. The number of anilines is 1. The molecule has 1 atom stereocenters. The van der Waals surface area contributed by atoms with Crippen molar-refractivity contribution in [2.45, 2.75) is 13.0 Å². The fourth-order valence-corrected chi connectivity index (χ4v) is 3.11. The van der Waals surface area contributed by atoms with Gasteiger partial charge in [-0.1, -0.05) is 12.1 Å². The molecule has 0 radical (unpaired) electrons. The summed E-state index contributed by atoms with van der Waals surface area (Å²) in [6, 6.07) is 5.95. The first kappa shape index (κ1) is 16.6. The van der Waals surface area contributed by atoms with Crippen LogP contribution in [0, 0.1) is 6.92 Å². The minimum Gasteiger partial charge on any atom is -0.374 e. The lowest BCUT2D eigenvalue weighted by molar-refractivity contribution is -0.116. The van der Waals surface area contributed by atoms with E-state index in [-0.39, 0.29) is 12.6 Å². The number of benzene rings is 1. The number of nitrogens with zero attached hydrogens (tertiary/aromatic N) is 4. The Hall–Kier alpha value is -2.25. The average molecular weight is 329 g/mol. The number of primary amides is 1. The first-order chi connectivity index (χ1) is 11.5. The van der Waals surface area contributed by atoms with Gasteiger partial charge in [0.1, 0.15) is 12.1 Å². The Kier molecular flexibility index (Phi) is 4.92. The Bertz CT molecular complexity index is 736. The molecule has 2 heterocycles. The number of para-hydroxylation sites is 1. The van der Waals surface area contributed by atoms with Gasteiger partial charge < -0.3 is 20.3 Å². The lowest BCUT2D eigenvalue weighted by Crippen LogP contribution is -2.48. The highest BCUT2D eigenvalue weighted by Gasteiger charge is 2.23. The average Bonchev–Trinajstić information content (AvgIpc) is 2.54. The third-order valence-electron chi connectivity index (χ3n) is 4.26. The highest BCUT2D eigenvalue weighted by atomic mass is 16.5. The molecule has 0 unspecified atom stereocenters. The number of morpholine rings is 1. The van der Waals surface area contributed by atoms with Crippen LogP contribution in [-0.2, 0) is 9.53 Å². The number of hydrogen-bond donors (Lipinski definition) is 1. The Morgan fingerprint density at radius 2 is 2.29 bits per heavy atom. The third kappa shape index (κ3) is 3.63. The normalized spacial score (nSPS) is 18.7. The van der Waals surface area contributed by atoms with Crippen LogP contribution in [0.15, 0.2) is 24.5 Å². The number of amides is 1. The molecule has 2 aromatic rings. The lowest BCUT2D eigenvalue weighted by atomic mass is 10.1. The van der Waals surface area contributed by atoms with Gasteiger partial charge in [0.15, 0.2) is 0 Å². The first-order valence-electron chi connectivity index (χ1n) is 8.08. The summed E-state index contributed by atoms with van der Waals surface area (Å²) >= 11 is 0. The van der Waals surface area contributed by atoms with Crippen molar-refractivity contribution < 1.29 is 9.53 Å². The van der Waals surface area contributed by atoms with Gasteiger partial charge in [-0.2, -0.15) is 0 Å². The molecule has 0 bridgehead atoms. The summed E-state index contributed by atoms with van der Waals surface area (Å²) < 4.78 is 5.84. The number of rotatable bonds is 5. The van der Waals surface area contributed by atoms with Crippen LogP contribution in [0.25, 0.3) is 10.9 Å². The Labute approximate surface area is 141 Å². The summed E-state index contributed by atoms with van der Waals surface area (Å²) in [5.41, 5.74) is 7.42. The van der Waals surface area contributed by atoms with E-state index in [2.05, 4.69) is 21.9 Å². The molecule has 1 aliphatic rings. The van der Waals surface area contributed by atoms with Crippen molar-refractivity contribution in [1.82, 2.24) is 14.9 Å². The van der Waals surface area contributed by atoms with E-state index in [1.807, 2.05) is 30.0 Å². The summed E-state index contributed by atoms with van der Waals surface area (Å²) in [6.07, 6.45) is 1.55. The zero-order valence-corrected chi connectivity index (χ0v) is 14.1. The molecule has 0 saturated carbocycles. The van der Waals surface area contributed by atoms with Gasteiger partial charge >= 0.3 is 0 Å². The van der Waals surface area contributed by atoms with E-state index in [1.54, 1.807) is 0 Å². The maximum absolute atomic E-state index is 11.6. The number of nitrogens with two attached hydrogens (primary N) is 1. The van der Waals surface area contributed by atoms with Crippen LogP contribution in [0.5, 0.6) is 0 Å². The van der Waals surface area contributed by atoms with E-state index < -0.39 is 5.91 Å². The van der Waals surface area contributed by atoms with Crippen molar-refractivity contribution in [3.63, 3.8) is 0 Å². The van der Waals surface area contributed by atoms with Gasteiger partial charge in [-0.05, 0) is 25.6 Å². The van der Waals surface area contributed by atoms with Crippen LogP contribution >= 0.6 is 0 Å². The lowest BCUT2D eigenvalue weighted by Gasteiger charge is -2.34. The molecule has 1 aromatic carbocycles. The molecule has 1 aliphatic heterocycles. The second kappa shape index (κ2) is 7.11. The zero-order valence-electron chi connectivity index (χ0n) is 14.1. The SMILES string of the molecule is Cc1cccc2c(N(CC(N)=O)C[C@@H]3CN(C)CCO3)ncnc12. The molecule has 24 heavy (non-hydrogen) atoms. The van der Waals surface area contributed by atoms with Crippen LogP contribution in [0.1, 0.15) is 5.56 Å². The minimum absolute atomic E-state index is 0.0120. The molecular weight excluding hydrogens is 306 g/mol. The summed E-state index contributed by atoms with van der Waals surface area (Å²) in [4.78, 5) is 24.5. The van der Waals surface area contributed by atoms with E-state index in [4.69, 9.17) is 10.5 Å². The van der Waals surface area contributed by atoms with Crippen LogP contribution in [-0.4, -0.2) is 66.7 Å². The van der Waals surface area contributed by atoms with Crippen molar-refractivity contribution in [3.05, 3.63) is 30.1 Å². The third-order valence-corrected chi connectivity index (χ3v) is 4.26. The number of ether oxygens (including phenoxy) is 1. The highest BCUT2D eigenvalue weighted by Crippen LogP contribution is 2.25. The molecule has 1 fully saturated rings. The van der Waals surface area contributed by atoms with E-state index in [0.29, 0.717) is 13.2 Å². The quantitative estimate of drug-likeness (QED) is 0.863. The monoisotopic (exact) mass is 329 g/mol. The second-order valence-corrected chi connectivity index (χ2v) is 6.27. The highest BCUT2D eigenvalue weighted by molar-refractivity contribution is 5.92. The van der Waals surface area contributed by atoms with E-state index in [0.717, 1.165) is 35.4 Å². The molecule has 1 saturated heterocycles. The first-order valence-corrected chi connectivity index (χ1v) is 8.08.